The van der Waals surface area contributed by atoms with Crippen molar-refractivity contribution in [2.45, 2.75) is 77.3 Å². The summed E-state index contributed by atoms with van der Waals surface area (Å²) in [6.07, 6.45) is 8.86. The van der Waals surface area contributed by atoms with E-state index in [1.54, 1.807) is 0 Å². The molecule has 0 saturated heterocycles. The average Bonchev–Trinajstić information content (AvgIpc) is 2.42. The summed E-state index contributed by atoms with van der Waals surface area (Å²) in [6.45, 7) is 6.91. The van der Waals surface area contributed by atoms with E-state index in [-0.39, 0.29) is 5.54 Å². The number of nitrogens with one attached hydrogen (secondary N) is 1. The van der Waals surface area contributed by atoms with Crippen LogP contribution in [0.1, 0.15) is 65.7 Å². The molecule has 1 aliphatic carbocycles. The first-order valence-electron chi connectivity index (χ1n) is 7.00. The van der Waals surface area contributed by atoms with Gasteiger partial charge in [0.15, 0.2) is 0 Å². The van der Waals surface area contributed by atoms with E-state index in [0.29, 0.717) is 12.6 Å². The van der Waals surface area contributed by atoms with Crippen LogP contribution in [0.15, 0.2) is 0 Å². The fourth-order valence-electron chi connectivity index (χ4n) is 3.14. The van der Waals surface area contributed by atoms with Gasteiger partial charge in [-0.15, -0.1) is 0 Å². The second-order valence-electron chi connectivity index (χ2n) is 5.82. The number of hydrogen-bond donors (Lipinski definition) is 2. The van der Waals surface area contributed by atoms with Gasteiger partial charge in [0, 0.05) is 11.6 Å². The van der Waals surface area contributed by atoms with Crippen molar-refractivity contribution in [2.24, 2.45) is 5.92 Å². The summed E-state index contributed by atoms with van der Waals surface area (Å²) in [5, 5.41) is 13.3. The van der Waals surface area contributed by atoms with Crippen LogP contribution in [0.25, 0.3) is 0 Å². The molecule has 0 bridgehead atoms. The summed E-state index contributed by atoms with van der Waals surface area (Å²) in [7, 11) is 0. The quantitative estimate of drug-likeness (QED) is 0.707. The third-order valence-electron chi connectivity index (χ3n) is 3.89. The molecule has 0 spiro atoms. The van der Waals surface area contributed by atoms with Crippen molar-refractivity contribution in [2.75, 3.05) is 6.61 Å². The Hall–Kier alpha value is -0.0800. The van der Waals surface area contributed by atoms with E-state index in [2.05, 4.69) is 26.1 Å². The maximum absolute atomic E-state index is 9.67. The van der Waals surface area contributed by atoms with Gasteiger partial charge in [-0.3, -0.25) is 0 Å². The number of rotatable bonds is 5. The zero-order valence-corrected chi connectivity index (χ0v) is 11.3. The second-order valence-corrected chi connectivity index (χ2v) is 5.82. The Morgan fingerprint density at radius 2 is 2.06 bits per heavy atom. The highest BCUT2D eigenvalue weighted by Gasteiger charge is 2.32. The van der Waals surface area contributed by atoms with E-state index < -0.39 is 0 Å². The summed E-state index contributed by atoms with van der Waals surface area (Å²) < 4.78 is 0. The van der Waals surface area contributed by atoms with E-state index in [9.17, 15) is 5.11 Å². The molecule has 0 aromatic heterocycles. The van der Waals surface area contributed by atoms with Crippen LogP contribution in [0.3, 0.4) is 0 Å². The monoisotopic (exact) mass is 227 g/mol. The van der Waals surface area contributed by atoms with Gasteiger partial charge in [-0.1, -0.05) is 46.5 Å². The van der Waals surface area contributed by atoms with Crippen molar-refractivity contribution in [1.82, 2.24) is 5.32 Å². The van der Waals surface area contributed by atoms with Gasteiger partial charge in [-0.25, -0.2) is 0 Å². The molecule has 1 aliphatic rings. The summed E-state index contributed by atoms with van der Waals surface area (Å²) in [4.78, 5) is 0. The molecule has 0 heterocycles. The van der Waals surface area contributed by atoms with Crippen molar-refractivity contribution < 1.29 is 5.11 Å². The van der Waals surface area contributed by atoms with Crippen LogP contribution in [-0.2, 0) is 0 Å². The standard InChI is InChI=1S/C14H29NO/c1-4-6-13-7-5-9-14(11-16,10-8-13)15-12(2)3/h12-13,15-16H,4-11H2,1-3H3. The fourth-order valence-corrected chi connectivity index (χ4v) is 3.14. The van der Waals surface area contributed by atoms with Crippen LogP contribution in [0, 0.1) is 5.92 Å². The SMILES string of the molecule is CCCC1CCCC(CO)(NC(C)C)CC1. The molecule has 2 N–H and O–H groups in total. The minimum Gasteiger partial charge on any atom is -0.394 e. The lowest BCUT2D eigenvalue weighted by Gasteiger charge is -2.34. The van der Waals surface area contributed by atoms with Gasteiger partial charge < -0.3 is 10.4 Å². The topological polar surface area (TPSA) is 32.3 Å². The van der Waals surface area contributed by atoms with Gasteiger partial charge in [0.05, 0.1) is 6.61 Å². The molecule has 0 aliphatic heterocycles. The van der Waals surface area contributed by atoms with Gasteiger partial charge in [-0.05, 0) is 25.2 Å². The molecule has 96 valence electrons. The molecular weight excluding hydrogens is 198 g/mol. The lowest BCUT2D eigenvalue weighted by molar-refractivity contribution is 0.134. The summed E-state index contributed by atoms with van der Waals surface area (Å²) in [5.74, 6) is 0.896. The maximum Gasteiger partial charge on any atom is 0.0613 e. The molecule has 2 atom stereocenters. The van der Waals surface area contributed by atoms with E-state index in [1.807, 2.05) is 0 Å². The summed E-state index contributed by atoms with van der Waals surface area (Å²) in [6, 6.07) is 0.467. The van der Waals surface area contributed by atoms with Gasteiger partial charge in [0.1, 0.15) is 0 Å². The molecule has 0 amide bonds. The van der Waals surface area contributed by atoms with Gasteiger partial charge in [-0.2, -0.15) is 0 Å². The molecule has 0 aromatic rings. The molecule has 0 aromatic carbocycles. The first-order valence-corrected chi connectivity index (χ1v) is 7.00. The van der Waals surface area contributed by atoms with Crippen molar-refractivity contribution in [3.05, 3.63) is 0 Å². The maximum atomic E-state index is 9.67. The van der Waals surface area contributed by atoms with Gasteiger partial charge in [0.2, 0.25) is 0 Å². The molecule has 0 radical (unpaired) electrons. The average molecular weight is 227 g/mol. The molecule has 1 fully saturated rings. The van der Waals surface area contributed by atoms with Crippen LogP contribution < -0.4 is 5.32 Å². The Balaban J connectivity index is 2.53. The number of hydrogen-bond acceptors (Lipinski definition) is 2. The third-order valence-corrected chi connectivity index (χ3v) is 3.89. The van der Waals surface area contributed by atoms with Crippen molar-refractivity contribution >= 4 is 0 Å². The highest BCUT2D eigenvalue weighted by molar-refractivity contribution is 4.91. The predicted octanol–water partition coefficient (Wildman–Crippen LogP) is 3.10. The molecule has 2 heteroatoms. The van der Waals surface area contributed by atoms with E-state index in [1.165, 1.54) is 32.1 Å². The van der Waals surface area contributed by atoms with Crippen LogP contribution in [0.5, 0.6) is 0 Å². The Morgan fingerprint density at radius 3 is 2.62 bits per heavy atom. The Morgan fingerprint density at radius 1 is 1.31 bits per heavy atom. The minimum atomic E-state index is 0.0106. The van der Waals surface area contributed by atoms with E-state index in [4.69, 9.17) is 0 Å². The summed E-state index contributed by atoms with van der Waals surface area (Å²) >= 11 is 0. The Kier molecular flexibility index (Phi) is 5.77. The third kappa shape index (κ3) is 4.06. The zero-order valence-electron chi connectivity index (χ0n) is 11.3. The number of aliphatic hydroxyl groups is 1. The highest BCUT2D eigenvalue weighted by Crippen LogP contribution is 2.32. The van der Waals surface area contributed by atoms with E-state index in [0.717, 1.165) is 18.8 Å². The fraction of sp³-hybridized carbons (Fsp3) is 1.00. The second kappa shape index (κ2) is 6.61. The lowest BCUT2D eigenvalue weighted by Crippen LogP contribution is -2.51. The van der Waals surface area contributed by atoms with Crippen LogP contribution in [-0.4, -0.2) is 23.3 Å². The molecule has 1 rings (SSSR count). The molecule has 1 saturated carbocycles. The van der Waals surface area contributed by atoms with Crippen molar-refractivity contribution in [3.8, 4) is 0 Å². The Bertz CT molecular complexity index is 193. The van der Waals surface area contributed by atoms with Crippen molar-refractivity contribution in [3.63, 3.8) is 0 Å². The molecule has 16 heavy (non-hydrogen) atoms. The predicted molar refractivity (Wildman–Crippen MR) is 69.6 cm³/mol. The smallest absolute Gasteiger partial charge is 0.0613 e. The van der Waals surface area contributed by atoms with Crippen LogP contribution >= 0.6 is 0 Å². The number of aliphatic hydroxyl groups excluding tert-OH is 1. The first kappa shape index (κ1) is 14.0. The van der Waals surface area contributed by atoms with Crippen LogP contribution in [0.4, 0.5) is 0 Å². The summed E-state index contributed by atoms with van der Waals surface area (Å²) in [5.41, 5.74) is 0.0106. The Labute approximate surface area is 101 Å². The zero-order chi connectivity index (χ0) is 12.0. The van der Waals surface area contributed by atoms with Crippen LogP contribution in [0.2, 0.25) is 0 Å². The molecule has 2 unspecified atom stereocenters. The highest BCUT2D eigenvalue weighted by atomic mass is 16.3. The lowest BCUT2D eigenvalue weighted by atomic mass is 9.89. The largest absolute Gasteiger partial charge is 0.394 e. The van der Waals surface area contributed by atoms with E-state index >= 15 is 0 Å². The van der Waals surface area contributed by atoms with Crippen molar-refractivity contribution in [1.29, 1.82) is 0 Å². The first-order chi connectivity index (χ1) is 7.62. The minimum absolute atomic E-state index is 0.0106. The van der Waals surface area contributed by atoms with Gasteiger partial charge >= 0.3 is 0 Å². The van der Waals surface area contributed by atoms with Gasteiger partial charge in [0.25, 0.3) is 0 Å². The molecule has 2 nitrogen and oxygen atoms in total. The molecular formula is C14H29NO. The normalized spacial score (nSPS) is 31.7.